The molecule has 0 radical (unpaired) electrons. The summed E-state index contributed by atoms with van der Waals surface area (Å²) in [6.07, 6.45) is 4.50. The van der Waals surface area contributed by atoms with Gasteiger partial charge in [0.2, 0.25) is 0 Å². The van der Waals surface area contributed by atoms with E-state index in [0.717, 1.165) is 56.8 Å². The van der Waals surface area contributed by atoms with Crippen LogP contribution in [0.3, 0.4) is 0 Å². The molecule has 178 valence electrons. The molecule has 2 fully saturated rings. The van der Waals surface area contributed by atoms with Gasteiger partial charge in [0.15, 0.2) is 0 Å². The zero-order valence-electron chi connectivity index (χ0n) is 20.6. The molecule has 3 amide bonds. The van der Waals surface area contributed by atoms with Gasteiger partial charge < -0.3 is 24.9 Å². The quantitative estimate of drug-likeness (QED) is 0.733. The van der Waals surface area contributed by atoms with Crippen molar-refractivity contribution >= 4 is 17.6 Å². The number of carbonyl (C=O) groups is 2. The van der Waals surface area contributed by atoms with Crippen LogP contribution in [0.25, 0.3) is 0 Å². The number of hydrogen-bond acceptors (Lipinski definition) is 4. The highest BCUT2D eigenvalue weighted by Crippen LogP contribution is 2.22. The minimum atomic E-state index is -0.117. The van der Waals surface area contributed by atoms with Gasteiger partial charge in [0, 0.05) is 50.5 Å². The van der Waals surface area contributed by atoms with E-state index < -0.39 is 0 Å². The third kappa shape index (κ3) is 6.45. The summed E-state index contributed by atoms with van der Waals surface area (Å²) in [6.45, 7) is 9.66. The van der Waals surface area contributed by atoms with E-state index >= 15 is 0 Å². The number of nitrogens with one attached hydrogen (secondary N) is 1. The van der Waals surface area contributed by atoms with Gasteiger partial charge in [0.05, 0.1) is 0 Å². The van der Waals surface area contributed by atoms with E-state index in [1.807, 2.05) is 37.1 Å². The summed E-state index contributed by atoms with van der Waals surface area (Å²) < 4.78 is 0. The summed E-state index contributed by atoms with van der Waals surface area (Å²) in [5.41, 5.74) is 2.36. The highest BCUT2D eigenvalue weighted by molar-refractivity contribution is 5.96. The number of benzene rings is 1. The van der Waals surface area contributed by atoms with E-state index in [1.54, 1.807) is 4.90 Å². The number of piperidine rings is 2. The Morgan fingerprint density at radius 1 is 1.03 bits per heavy atom. The molecule has 0 aromatic heterocycles. The molecular formula is C25H41N5O2. The zero-order valence-corrected chi connectivity index (χ0v) is 20.6. The average molecular weight is 444 g/mol. The SMILES string of the molecule is Cc1cc(C(=O)N2CCC(C)CC2)ccc1NC(=O)N(C)CCN(C)C1CCN(C)CC1. The van der Waals surface area contributed by atoms with Gasteiger partial charge in [-0.25, -0.2) is 4.79 Å². The van der Waals surface area contributed by atoms with Crippen LogP contribution in [0.15, 0.2) is 18.2 Å². The van der Waals surface area contributed by atoms with Gasteiger partial charge in [-0.3, -0.25) is 4.79 Å². The Morgan fingerprint density at radius 2 is 1.69 bits per heavy atom. The summed E-state index contributed by atoms with van der Waals surface area (Å²) in [7, 11) is 6.17. The van der Waals surface area contributed by atoms with Gasteiger partial charge in [-0.05, 0) is 89.5 Å². The molecule has 7 heteroatoms. The highest BCUT2D eigenvalue weighted by atomic mass is 16.2. The number of nitrogens with zero attached hydrogens (tertiary/aromatic N) is 4. The summed E-state index contributed by atoms with van der Waals surface area (Å²) >= 11 is 0. The first-order chi connectivity index (χ1) is 15.2. The van der Waals surface area contributed by atoms with Crippen LogP contribution in [0.4, 0.5) is 10.5 Å². The fourth-order valence-corrected chi connectivity index (χ4v) is 4.57. The number of likely N-dealkylation sites (tertiary alicyclic amines) is 2. The molecule has 3 rings (SSSR count). The maximum atomic E-state index is 12.8. The van der Waals surface area contributed by atoms with E-state index in [0.29, 0.717) is 24.1 Å². The maximum Gasteiger partial charge on any atom is 0.321 e. The molecular weight excluding hydrogens is 402 g/mol. The lowest BCUT2D eigenvalue weighted by atomic mass is 9.98. The normalized spacial score (nSPS) is 18.8. The van der Waals surface area contributed by atoms with Crippen LogP contribution in [0.2, 0.25) is 0 Å². The van der Waals surface area contributed by atoms with E-state index in [-0.39, 0.29) is 11.9 Å². The molecule has 7 nitrogen and oxygen atoms in total. The maximum absolute atomic E-state index is 12.8. The van der Waals surface area contributed by atoms with Crippen LogP contribution in [0, 0.1) is 12.8 Å². The smallest absolute Gasteiger partial charge is 0.321 e. The summed E-state index contributed by atoms with van der Waals surface area (Å²) in [4.78, 5) is 34.0. The van der Waals surface area contributed by atoms with E-state index in [2.05, 4.69) is 36.1 Å². The first-order valence-electron chi connectivity index (χ1n) is 12.1. The molecule has 2 aliphatic heterocycles. The molecule has 2 aliphatic rings. The lowest BCUT2D eigenvalue weighted by molar-refractivity contribution is 0.0697. The molecule has 0 spiro atoms. The van der Waals surface area contributed by atoms with Crippen molar-refractivity contribution in [3.05, 3.63) is 29.3 Å². The Labute approximate surface area is 193 Å². The predicted molar refractivity (Wildman–Crippen MR) is 130 cm³/mol. The Balaban J connectivity index is 1.49. The molecule has 1 N–H and O–H groups in total. The van der Waals surface area contributed by atoms with Crippen LogP contribution in [0.5, 0.6) is 0 Å². The van der Waals surface area contributed by atoms with Crippen molar-refractivity contribution in [3.63, 3.8) is 0 Å². The van der Waals surface area contributed by atoms with E-state index in [4.69, 9.17) is 0 Å². The first kappa shape index (κ1) is 24.5. The van der Waals surface area contributed by atoms with Crippen molar-refractivity contribution in [1.29, 1.82) is 0 Å². The molecule has 0 bridgehead atoms. The van der Waals surface area contributed by atoms with Crippen molar-refractivity contribution in [2.45, 2.75) is 45.6 Å². The summed E-state index contributed by atoms with van der Waals surface area (Å²) in [6, 6.07) is 6.05. The van der Waals surface area contributed by atoms with Gasteiger partial charge in [-0.15, -0.1) is 0 Å². The molecule has 0 aliphatic carbocycles. The molecule has 0 atom stereocenters. The molecule has 0 unspecified atom stereocenters. The first-order valence-corrected chi connectivity index (χ1v) is 12.1. The highest BCUT2D eigenvalue weighted by Gasteiger charge is 2.23. The van der Waals surface area contributed by atoms with Crippen LogP contribution in [-0.2, 0) is 0 Å². The lowest BCUT2D eigenvalue weighted by Crippen LogP contribution is -2.45. The number of rotatable bonds is 6. The fraction of sp³-hybridized carbons (Fsp3) is 0.680. The second-order valence-corrected chi connectivity index (χ2v) is 9.87. The minimum absolute atomic E-state index is 0.0898. The third-order valence-electron chi connectivity index (χ3n) is 7.23. The minimum Gasteiger partial charge on any atom is -0.339 e. The lowest BCUT2D eigenvalue weighted by Gasteiger charge is -2.35. The standard InChI is InChI=1S/C25H41N5O2/c1-19-8-14-30(15-9-19)24(31)21-6-7-23(20(2)18-21)26-25(32)29(5)17-16-28(4)22-10-12-27(3)13-11-22/h6-7,18-19,22H,8-17H2,1-5H3,(H,26,32). The Morgan fingerprint density at radius 3 is 2.31 bits per heavy atom. The van der Waals surface area contributed by atoms with Gasteiger partial charge in [0.1, 0.15) is 0 Å². The largest absolute Gasteiger partial charge is 0.339 e. The predicted octanol–water partition coefficient (Wildman–Crippen LogP) is 3.36. The second-order valence-electron chi connectivity index (χ2n) is 9.87. The van der Waals surface area contributed by atoms with Crippen LogP contribution < -0.4 is 5.32 Å². The third-order valence-corrected chi connectivity index (χ3v) is 7.23. The van der Waals surface area contributed by atoms with E-state index in [1.165, 1.54) is 12.8 Å². The number of urea groups is 1. The summed E-state index contributed by atoms with van der Waals surface area (Å²) in [5, 5.41) is 3.01. The van der Waals surface area contributed by atoms with Gasteiger partial charge in [0.25, 0.3) is 5.91 Å². The molecule has 2 heterocycles. The molecule has 2 saturated heterocycles. The Bertz CT molecular complexity index is 783. The summed E-state index contributed by atoms with van der Waals surface area (Å²) in [5.74, 6) is 0.784. The fourth-order valence-electron chi connectivity index (χ4n) is 4.57. The zero-order chi connectivity index (χ0) is 23.3. The number of hydrogen-bond donors (Lipinski definition) is 1. The van der Waals surface area contributed by atoms with Crippen molar-refractivity contribution in [1.82, 2.24) is 19.6 Å². The average Bonchev–Trinajstić information content (AvgIpc) is 2.79. The molecule has 0 saturated carbocycles. The number of likely N-dealkylation sites (N-methyl/N-ethyl adjacent to an activating group) is 2. The van der Waals surface area contributed by atoms with Crippen molar-refractivity contribution < 1.29 is 9.59 Å². The van der Waals surface area contributed by atoms with Crippen LogP contribution in [0.1, 0.15) is 48.5 Å². The number of amides is 3. The van der Waals surface area contributed by atoms with E-state index in [9.17, 15) is 9.59 Å². The number of carbonyl (C=O) groups excluding carboxylic acids is 2. The van der Waals surface area contributed by atoms with Gasteiger partial charge in [-0.2, -0.15) is 0 Å². The molecule has 1 aromatic rings. The number of aryl methyl sites for hydroxylation is 1. The van der Waals surface area contributed by atoms with Crippen LogP contribution in [-0.4, -0.2) is 98.0 Å². The van der Waals surface area contributed by atoms with Crippen molar-refractivity contribution in [2.24, 2.45) is 5.92 Å². The van der Waals surface area contributed by atoms with Crippen LogP contribution >= 0.6 is 0 Å². The van der Waals surface area contributed by atoms with Crippen molar-refractivity contribution in [3.8, 4) is 0 Å². The Kier molecular flexibility index (Phi) is 8.54. The molecule has 32 heavy (non-hydrogen) atoms. The van der Waals surface area contributed by atoms with Gasteiger partial charge >= 0.3 is 6.03 Å². The number of anilines is 1. The Hall–Kier alpha value is -2.12. The van der Waals surface area contributed by atoms with Crippen molar-refractivity contribution in [2.75, 3.05) is 65.7 Å². The monoisotopic (exact) mass is 443 g/mol. The second kappa shape index (κ2) is 11.1. The van der Waals surface area contributed by atoms with Gasteiger partial charge in [-0.1, -0.05) is 6.92 Å². The topological polar surface area (TPSA) is 59.1 Å². The molecule has 1 aromatic carbocycles.